The molecule has 1 amide bonds. The van der Waals surface area contributed by atoms with Gasteiger partial charge in [-0.2, -0.15) is 0 Å². The van der Waals surface area contributed by atoms with E-state index in [4.69, 9.17) is 9.47 Å². The number of benzene rings is 3. The number of amides is 1. The van der Waals surface area contributed by atoms with E-state index in [1.165, 1.54) is 4.90 Å². The summed E-state index contributed by atoms with van der Waals surface area (Å²) >= 11 is 0. The minimum absolute atomic E-state index is 0.0134. The second-order valence-corrected chi connectivity index (χ2v) is 10.4. The van der Waals surface area contributed by atoms with E-state index in [2.05, 4.69) is 0 Å². The van der Waals surface area contributed by atoms with E-state index in [1.54, 1.807) is 56.3 Å². The molecule has 0 bridgehead atoms. The number of ether oxygens (including phenoxy) is 2. The second-order valence-electron chi connectivity index (χ2n) is 10.4. The summed E-state index contributed by atoms with van der Waals surface area (Å²) in [5, 5.41) is 11.5. The van der Waals surface area contributed by atoms with Gasteiger partial charge in [-0.25, -0.2) is 0 Å². The van der Waals surface area contributed by atoms with Crippen molar-refractivity contribution in [2.45, 2.75) is 39.3 Å². The highest BCUT2D eigenvalue weighted by atomic mass is 16.5. The summed E-state index contributed by atoms with van der Waals surface area (Å²) in [5.41, 5.74) is 4.08. The van der Waals surface area contributed by atoms with Gasteiger partial charge in [-0.3, -0.25) is 19.3 Å². The molecule has 1 saturated heterocycles. The number of carbonyl (C=O) groups excluding carboxylic acids is 3. The quantitative estimate of drug-likeness (QED) is 0.205. The lowest BCUT2D eigenvalue weighted by Gasteiger charge is -2.28. The Balaban J connectivity index is 1.58. The molecule has 0 aromatic heterocycles. The van der Waals surface area contributed by atoms with Gasteiger partial charge in [0.25, 0.3) is 11.7 Å². The number of likely N-dealkylation sites (N-methyl/N-ethyl adjacent to an activating group) is 1. The number of esters is 1. The van der Waals surface area contributed by atoms with Gasteiger partial charge in [0, 0.05) is 18.3 Å². The standard InChI is InChI=1S/C32H32N2O6/c1-19(2)40-27(35)17-21-8-11-24(12-9-21)34-29(22-7-5-6-20(3)16-22)28(31(37)32(34)38)30(36)23-10-13-26-25(18-23)33(4)14-15-39-26/h5-13,16,18-19,29,36H,14-15,17H2,1-4H3/b30-28-. The summed E-state index contributed by atoms with van der Waals surface area (Å²) in [4.78, 5) is 42.6. The molecule has 2 aliphatic rings. The van der Waals surface area contributed by atoms with Crippen molar-refractivity contribution < 1.29 is 29.0 Å². The van der Waals surface area contributed by atoms with Crippen LogP contribution in [-0.2, 0) is 25.5 Å². The molecular formula is C32H32N2O6. The number of fused-ring (bicyclic) bond motifs is 1. The van der Waals surface area contributed by atoms with Gasteiger partial charge in [0.1, 0.15) is 18.1 Å². The molecule has 0 spiro atoms. The lowest BCUT2D eigenvalue weighted by Crippen LogP contribution is -2.29. The monoisotopic (exact) mass is 540 g/mol. The zero-order valence-electron chi connectivity index (χ0n) is 23.0. The van der Waals surface area contributed by atoms with Crippen molar-refractivity contribution in [2.75, 3.05) is 30.0 Å². The molecule has 8 heteroatoms. The van der Waals surface area contributed by atoms with Crippen molar-refractivity contribution in [3.63, 3.8) is 0 Å². The predicted octanol–water partition coefficient (Wildman–Crippen LogP) is 4.94. The number of rotatable bonds is 6. The van der Waals surface area contributed by atoms with Crippen LogP contribution in [0.5, 0.6) is 5.75 Å². The summed E-state index contributed by atoms with van der Waals surface area (Å²) < 4.78 is 11.0. The van der Waals surface area contributed by atoms with Crippen molar-refractivity contribution in [1.82, 2.24) is 0 Å². The van der Waals surface area contributed by atoms with E-state index in [1.807, 2.05) is 43.1 Å². The molecule has 5 rings (SSSR count). The molecular weight excluding hydrogens is 508 g/mol. The van der Waals surface area contributed by atoms with Crippen molar-refractivity contribution in [3.05, 3.63) is 94.6 Å². The Labute approximate surface area is 233 Å². The van der Waals surface area contributed by atoms with E-state index in [-0.39, 0.29) is 29.8 Å². The third-order valence-corrected chi connectivity index (χ3v) is 7.06. The summed E-state index contributed by atoms with van der Waals surface area (Å²) in [6, 6.07) is 18.8. The first kappa shape index (κ1) is 27.0. The van der Waals surface area contributed by atoms with Crippen molar-refractivity contribution >= 4 is 34.8 Å². The summed E-state index contributed by atoms with van der Waals surface area (Å²) in [6.07, 6.45) is -0.120. The molecule has 206 valence electrons. The molecule has 3 aromatic rings. The highest BCUT2D eigenvalue weighted by Crippen LogP contribution is 2.43. The fourth-order valence-electron chi connectivity index (χ4n) is 5.15. The first-order valence-electron chi connectivity index (χ1n) is 13.3. The van der Waals surface area contributed by atoms with Crippen LogP contribution in [0, 0.1) is 6.92 Å². The van der Waals surface area contributed by atoms with Gasteiger partial charge in [0.05, 0.1) is 36.4 Å². The highest BCUT2D eigenvalue weighted by Gasteiger charge is 2.47. The number of nitrogens with zero attached hydrogens (tertiary/aromatic N) is 2. The van der Waals surface area contributed by atoms with E-state index < -0.39 is 17.7 Å². The number of hydrogen-bond acceptors (Lipinski definition) is 7. The first-order chi connectivity index (χ1) is 19.1. The first-order valence-corrected chi connectivity index (χ1v) is 13.3. The molecule has 40 heavy (non-hydrogen) atoms. The summed E-state index contributed by atoms with van der Waals surface area (Å²) in [6.45, 7) is 6.76. The maximum atomic E-state index is 13.5. The van der Waals surface area contributed by atoms with E-state index >= 15 is 0 Å². The van der Waals surface area contributed by atoms with Gasteiger partial charge in [-0.1, -0.05) is 42.0 Å². The smallest absolute Gasteiger partial charge is 0.310 e. The summed E-state index contributed by atoms with van der Waals surface area (Å²) in [7, 11) is 1.93. The van der Waals surface area contributed by atoms with Crippen LogP contribution in [0.4, 0.5) is 11.4 Å². The average Bonchev–Trinajstić information content (AvgIpc) is 3.18. The Hall–Kier alpha value is -4.59. The van der Waals surface area contributed by atoms with Crippen molar-refractivity contribution in [1.29, 1.82) is 0 Å². The van der Waals surface area contributed by atoms with Crippen LogP contribution >= 0.6 is 0 Å². The fraction of sp³-hybridized carbons (Fsp3) is 0.281. The zero-order valence-corrected chi connectivity index (χ0v) is 23.0. The van der Waals surface area contributed by atoms with Crippen LogP contribution < -0.4 is 14.5 Å². The molecule has 1 fully saturated rings. The van der Waals surface area contributed by atoms with Gasteiger partial charge in [0.2, 0.25) is 0 Å². The zero-order chi connectivity index (χ0) is 28.6. The largest absolute Gasteiger partial charge is 0.507 e. The fourth-order valence-corrected chi connectivity index (χ4v) is 5.15. The minimum atomic E-state index is -0.846. The highest BCUT2D eigenvalue weighted by molar-refractivity contribution is 6.51. The van der Waals surface area contributed by atoms with E-state index in [0.717, 1.165) is 16.8 Å². The van der Waals surface area contributed by atoms with Crippen LogP contribution in [-0.4, -0.2) is 49.1 Å². The molecule has 1 atom stereocenters. The molecule has 1 N–H and O–H groups in total. The van der Waals surface area contributed by atoms with Crippen LogP contribution in [0.25, 0.3) is 5.76 Å². The maximum Gasteiger partial charge on any atom is 0.310 e. The van der Waals surface area contributed by atoms with Crippen LogP contribution in [0.3, 0.4) is 0 Å². The number of aryl methyl sites for hydroxylation is 1. The van der Waals surface area contributed by atoms with Gasteiger partial charge < -0.3 is 19.5 Å². The van der Waals surface area contributed by atoms with Crippen LogP contribution in [0.2, 0.25) is 0 Å². The molecule has 2 heterocycles. The third-order valence-electron chi connectivity index (χ3n) is 7.06. The lowest BCUT2D eigenvalue weighted by atomic mass is 9.94. The molecule has 8 nitrogen and oxygen atoms in total. The Morgan fingerprint density at radius 2 is 1.82 bits per heavy atom. The van der Waals surface area contributed by atoms with Gasteiger partial charge in [0.15, 0.2) is 0 Å². The summed E-state index contributed by atoms with van der Waals surface area (Å²) in [5.74, 6) is -1.40. The maximum absolute atomic E-state index is 13.5. The Morgan fingerprint density at radius 3 is 2.52 bits per heavy atom. The number of Topliss-reactive ketones (excluding diaryl/α,β-unsaturated/α-hetero) is 1. The molecule has 0 saturated carbocycles. The second kappa shape index (κ2) is 10.9. The van der Waals surface area contributed by atoms with Crippen LogP contribution in [0.1, 0.15) is 42.1 Å². The van der Waals surface area contributed by atoms with Gasteiger partial charge in [-0.15, -0.1) is 0 Å². The SMILES string of the molecule is Cc1cccc(C2/C(=C(/O)c3ccc4c(c3)N(C)CCO4)C(=O)C(=O)N2c2ccc(CC(=O)OC(C)C)cc2)c1. The number of aliphatic hydroxyl groups excluding tert-OH is 1. The number of anilines is 2. The molecule has 0 aliphatic carbocycles. The third kappa shape index (κ3) is 5.17. The van der Waals surface area contributed by atoms with Crippen LogP contribution in [0.15, 0.2) is 72.3 Å². The van der Waals surface area contributed by atoms with Crippen molar-refractivity contribution in [2.24, 2.45) is 0 Å². The number of aliphatic hydroxyl groups is 1. The van der Waals surface area contributed by atoms with E-state index in [0.29, 0.717) is 35.7 Å². The van der Waals surface area contributed by atoms with E-state index in [9.17, 15) is 19.5 Å². The van der Waals surface area contributed by atoms with Gasteiger partial charge >= 0.3 is 5.97 Å². The number of ketones is 1. The molecule has 2 aliphatic heterocycles. The molecule has 0 radical (unpaired) electrons. The number of hydrogen-bond donors (Lipinski definition) is 1. The topological polar surface area (TPSA) is 96.4 Å². The minimum Gasteiger partial charge on any atom is -0.507 e. The lowest BCUT2D eigenvalue weighted by molar-refractivity contribution is -0.146. The normalized spacial score (nSPS) is 18.1. The average molecular weight is 541 g/mol. The Bertz CT molecular complexity index is 1510. The number of carbonyl (C=O) groups is 3. The molecule has 1 unspecified atom stereocenters. The predicted molar refractivity (Wildman–Crippen MR) is 153 cm³/mol. The van der Waals surface area contributed by atoms with Gasteiger partial charge in [-0.05, 0) is 62.2 Å². The Kier molecular flexibility index (Phi) is 7.34. The Morgan fingerprint density at radius 1 is 1.07 bits per heavy atom. The van der Waals surface area contributed by atoms with Crippen molar-refractivity contribution in [3.8, 4) is 5.75 Å². The molecule has 3 aromatic carbocycles.